The number of benzene rings is 2. The molecule has 1 atom stereocenters. The molecule has 2 aromatic carbocycles. The van der Waals surface area contributed by atoms with Crippen molar-refractivity contribution in [1.82, 2.24) is 29.5 Å². The van der Waals surface area contributed by atoms with E-state index in [0.717, 1.165) is 27.8 Å². The van der Waals surface area contributed by atoms with Crippen molar-refractivity contribution in [3.05, 3.63) is 75.8 Å². The molecule has 0 spiro atoms. The van der Waals surface area contributed by atoms with Crippen LogP contribution in [0.1, 0.15) is 16.7 Å². The first-order valence-corrected chi connectivity index (χ1v) is 12.2. The van der Waals surface area contributed by atoms with Crippen LogP contribution in [0.5, 0.6) is 0 Å². The number of nitrogens with one attached hydrogen (secondary N) is 1. The summed E-state index contributed by atoms with van der Waals surface area (Å²) in [6.45, 7) is 5.08. The number of carbonyl (C=O) groups is 1. The molecule has 2 amide bonds. The number of amides is 2. The maximum atomic E-state index is 12.9. The van der Waals surface area contributed by atoms with Gasteiger partial charge in [-0.05, 0) is 36.2 Å². The Morgan fingerprint density at radius 1 is 1.08 bits per heavy atom. The minimum Gasteiger partial charge on any atom is -0.337 e. The van der Waals surface area contributed by atoms with Gasteiger partial charge in [-0.15, -0.1) is 0 Å². The summed E-state index contributed by atoms with van der Waals surface area (Å²) >= 11 is 0. The third kappa shape index (κ3) is 3.89. The number of nitrogens with zero attached hydrogens (tertiary/aromatic N) is 7. The molecule has 2 fully saturated rings. The number of carbonyl (C=O) groups excluding carboxylic acids is 1. The molecule has 10 heteroatoms. The lowest BCUT2D eigenvalue weighted by molar-refractivity contribution is 0.197. The number of anilines is 1. The summed E-state index contributed by atoms with van der Waals surface area (Å²) in [5.41, 5.74) is 4.97. The van der Waals surface area contributed by atoms with Gasteiger partial charge in [-0.25, -0.2) is 14.8 Å². The molecule has 2 aliphatic rings. The molecule has 6 rings (SSSR count). The van der Waals surface area contributed by atoms with Crippen LogP contribution in [-0.2, 0) is 13.6 Å². The van der Waals surface area contributed by atoms with E-state index in [4.69, 9.17) is 0 Å². The third-order valence-electron chi connectivity index (χ3n) is 7.35. The van der Waals surface area contributed by atoms with Gasteiger partial charge in [0.15, 0.2) is 0 Å². The van der Waals surface area contributed by atoms with Crippen LogP contribution in [0.15, 0.2) is 53.6 Å². The summed E-state index contributed by atoms with van der Waals surface area (Å²) in [4.78, 5) is 38.0. The molecule has 1 unspecified atom stereocenters. The lowest BCUT2D eigenvalue weighted by atomic mass is 10.0. The molecule has 2 saturated heterocycles. The Hall–Kier alpha value is -4.65. The van der Waals surface area contributed by atoms with Crippen LogP contribution in [0.4, 0.5) is 10.7 Å². The van der Waals surface area contributed by atoms with Crippen molar-refractivity contribution in [2.75, 3.05) is 31.1 Å². The van der Waals surface area contributed by atoms with Gasteiger partial charge in [0.25, 0.3) is 5.56 Å². The molecular weight excluding hydrogens is 468 g/mol. The fourth-order valence-electron chi connectivity index (χ4n) is 5.29. The first-order chi connectivity index (χ1) is 17.9. The molecule has 0 saturated carbocycles. The minimum atomic E-state index is -0.0849. The van der Waals surface area contributed by atoms with Gasteiger partial charge in [0.2, 0.25) is 5.95 Å². The van der Waals surface area contributed by atoms with Crippen molar-refractivity contribution in [1.29, 1.82) is 5.26 Å². The zero-order valence-electron chi connectivity index (χ0n) is 20.7. The molecule has 0 radical (unpaired) electrons. The number of aryl methyl sites for hydroxylation is 1. The van der Waals surface area contributed by atoms with Gasteiger partial charge in [-0.1, -0.05) is 23.8 Å². The maximum Gasteiger partial charge on any atom is 0.317 e. The van der Waals surface area contributed by atoms with Crippen molar-refractivity contribution >= 4 is 22.9 Å². The number of hydrogen-bond donors (Lipinski definition) is 1. The molecule has 0 aliphatic carbocycles. The topological polar surface area (TPSA) is 112 Å². The standard InChI is InChI=1S/C27H26N8O2/c1-17-3-4-19(11-28)20(9-17)15-35-24-10-18(5-6-23(24)25(36)32(35)2)21-12-29-26(30-13-21)33-7-8-34-22(16-33)14-31-27(34)37/h3-6,9-10,12-13,22H,7-8,14-16H2,1-2H3,(H,31,37). The van der Waals surface area contributed by atoms with E-state index < -0.39 is 0 Å². The summed E-state index contributed by atoms with van der Waals surface area (Å²) in [6.07, 6.45) is 3.60. The third-order valence-corrected chi connectivity index (χ3v) is 7.35. The number of nitriles is 1. The van der Waals surface area contributed by atoms with Crippen molar-refractivity contribution < 1.29 is 4.79 Å². The molecule has 0 bridgehead atoms. The Kier molecular flexibility index (Phi) is 5.41. The highest BCUT2D eigenvalue weighted by molar-refractivity contribution is 5.84. The molecule has 10 nitrogen and oxygen atoms in total. The van der Waals surface area contributed by atoms with E-state index >= 15 is 0 Å². The largest absolute Gasteiger partial charge is 0.337 e. The number of aromatic nitrogens is 4. The first kappa shape index (κ1) is 22.8. The van der Waals surface area contributed by atoms with Gasteiger partial charge in [-0.3, -0.25) is 14.2 Å². The molecule has 2 aliphatic heterocycles. The van der Waals surface area contributed by atoms with Crippen LogP contribution in [0.25, 0.3) is 22.0 Å². The van der Waals surface area contributed by atoms with E-state index in [1.54, 1.807) is 24.1 Å². The SMILES string of the molecule is Cc1ccc(C#N)c(Cn2c3cc(-c4cnc(N5CCN6C(=O)NCC6C5)nc4)ccc3c(=O)n2C)c1. The van der Waals surface area contributed by atoms with Gasteiger partial charge in [0.1, 0.15) is 0 Å². The number of urea groups is 1. The van der Waals surface area contributed by atoms with Crippen LogP contribution in [0, 0.1) is 18.3 Å². The minimum absolute atomic E-state index is 0.00180. The van der Waals surface area contributed by atoms with E-state index in [2.05, 4.69) is 26.3 Å². The Bertz CT molecular complexity index is 1630. The second kappa shape index (κ2) is 8.78. The monoisotopic (exact) mass is 494 g/mol. The lowest BCUT2D eigenvalue weighted by Gasteiger charge is -2.36. The van der Waals surface area contributed by atoms with Gasteiger partial charge in [-0.2, -0.15) is 5.26 Å². The van der Waals surface area contributed by atoms with Gasteiger partial charge in [0.05, 0.1) is 35.1 Å². The zero-order valence-corrected chi connectivity index (χ0v) is 20.7. The smallest absolute Gasteiger partial charge is 0.317 e. The summed E-state index contributed by atoms with van der Waals surface area (Å²) in [5, 5.41) is 13.1. The quantitative estimate of drug-likeness (QED) is 0.466. The molecule has 4 aromatic rings. The molecule has 1 N–H and O–H groups in total. The van der Waals surface area contributed by atoms with Crippen LogP contribution in [0.2, 0.25) is 0 Å². The average molecular weight is 495 g/mol. The summed E-state index contributed by atoms with van der Waals surface area (Å²) in [6, 6.07) is 13.8. The van der Waals surface area contributed by atoms with Crippen molar-refractivity contribution in [2.24, 2.45) is 7.05 Å². The molecular formula is C27H26N8O2. The summed E-state index contributed by atoms with van der Waals surface area (Å²) < 4.78 is 3.50. The molecule has 2 aromatic heterocycles. The van der Waals surface area contributed by atoms with E-state index in [1.165, 1.54) is 0 Å². The van der Waals surface area contributed by atoms with E-state index in [1.807, 2.05) is 52.9 Å². The second-order valence-electron chi connectivity index (χ2n) is 9.64. The van der Waals surface area contributed by atoms with E-state index in [9.17, 15) is 14.9 Å². The highest BCUT2D eigenvalue weighted by Gasteiger charge is 2.36. The van der Waals surface area contributed by atoms with Gasteiger partial charge >= 0.3 is 6.03 Å². The van der Waals surface area contributed by atoms with Crippen LogP contribution >= 0.6 is 0 Å². The predicted molar refractivity (Wildman–Crippen MR) is 139 cm³/mol. The van der Waals surface area contributed by atoms with Crippen molar-refractivity contribution in [2.45, 2.75) is 19.5 Å². The predicted octanol–water partition coefficient (Wildman–Crippen LogP) is 2.24. The highest BCUT2D eigenvalue weighted by Crippen LogP contribution is 2.25. The Labute approximate surface area is 213 Å². The summed E-state index contributed by atoms with van der Waals surface area (Å²) in [5.74, 6) is 0.643. The van der Waals surface area contributed by atoms with Crippen LogP contribution < -0.4 is 15.8 Å². The molecule has 4 heterocycles. The zero-order chi connectivity index (χ0) is 25.7. The van der Waals surface area contributed by atoms with Crippen molar-refractivity contribution in [3.8, 4) is 17.2 Å². The van der Waals surface area contributed by atoms with Crippen LogP contribution in [-0.4, -0.2) is 62.5 Å². The lowest BCUT2D eigenvalue weighted by Crippen LogP contribution is -2.52. The molecule has 186 valence electrons. The normalized spacial score (nSPS) is 17.1. The number of fused-ring (bicyclic) bond motifs is 2. The first-order valence-electron chi connectivity index (χ1n) is 12.2. The van der Waals surface area contributed by atoms with E-state index in [-0.39, 0.29) is 17.6 Å². The number of rotatable bonds is 4. The number of hydrogen-bond acceptors (Lipinski definition) is 6. The number of piperazine rings is 1. The fourth-order valence-corrected chi connectivity index (χ4v) is 5.29. The average Bonchev–Trinajstić information content (AvgIpc) is 3.41. The summed E-state index contributed by atoms with van der Waals surface area (Å²) in [7, 11) is 1.74. The van der Waals surface area contributed by atoms with Crippen LogP contribution in [0.3, 0.4) is 0 Å². The Morgan fingerprint density at radius 2 is 1.89 bits per heavy atom. The maximum absolute atomic E-state index is 12.9. The van der Waals surface area contributed by atoms with E-state index in [0.29, 0.717) is 49.6 Å². The molecule has 37 heavy (non-hydrogen) atoms. The fraction of sp³-hybridized carbons (Fsp3) is 0.296. The van der Waals surface area contributed by atoms with Gasteiger partial charge in [0, 0.05) is 51.2 Å². The Morgan fingerprint density at radius 3 is 2.68 bits per heavy atom. The second-order valence-corrected chi connectivity index (χ2v) is 9.64. The highest BCUT2D eigenvalue weighted by atomic mass is 16.2. The Balaban J connectivity index is 1.31. The van der Waals surface area contributed by atoms with Crippen molar-refractivity contribution in [3.63, 3.8) is 0 Å². The van der Waals surface area contributed by atoms with Gasteiger partial charge < -0.3 is 15.1 Å².